The highest BCUT2D eigenvalue weighted by molar-refractivity contribution is 6.04. The molecular formula is C10H16N2O. The van der Waals surface area contributed by atoms with Crippen molar-refractivity contribution in [3.63, 3.8) is 0 Å². The van der Waals surface area contributed by atoms with Crippen LogP contribution in [0.4, 0.5) is 4.79 Å². The fraction of sp³-hybridized carbons (Fsp3) is 0.600. The second-order valence-corrected chi connectivity index (χ2v) is 3.85. The topological polar surface area (TPSA) is 32.7 Å². The Morgan fingerprint density at radius 3 is 2.23 bits per heavy atom. The zero-order chi connectivity index (χ0) is 10.6. The average Bonchev–Trinajstić information content (AvgIpc) is 2.01. The Hall–Kier alpha value is -1.30. The number of amides is 2. The Morgan fingerprint density at radius 1 is 1.46 bits per heavy atom. The predicted octanol–water partition coefficient (Wildman–Crippen LogP) is 1.93. The van der Waals surface area contributed by atoms with Crippen LogP contribution < -0.4 is 0 Å². The Bertz CT molecular complexity index is 266. The van der Waals surface area contributed by atoms with Crippen LogP contribution in [-0.2, 0) is 0 Å². The lowest BCUT2D eigenvalue weighted by atomic mass is 10.1. The van der Waals surface area contributed by atoms with Gasteiger partial charge >= 0.3 is 6.03 Å². The molecule has 0 aliphatic rings. The minimum absolute atomic E-state index is 0.227. The number of rotatable bonds is 0. The van der Waals surface area contributed by atoms with Crippen molar-refractivity contribution in [1.29, 1.82) is 0 Å². The van der Waals surface area contributed by atoms with Gasteiger partial charge in [-0.3, -0.25) is 0 Å². The summed E-state index contributed by atoms with van der Waals surface area (Å²) in [5, 5.41) is 0. The molecule has 3 nitrogen and oxygen atoms in total. The molecule has 2 amide bonds. The van der Waals surface area contributed by atoms with Gasteiger partial charge in [-0.1, -0.05) is 5.92 Å². The Kier molecular flexibility index (Phi) is 3.68. The van der Waals surface area contributed by atoms with Crippen molar-refractivity contribution in [3.05, 3.63) is 0 Å². The van der Waals surface area contributed by atoms with E-state index < -0.39 is 0 Å². The van der Waals surface area contributed by atoms with E-state index in [1.165, 1.54) is 0 Å². The SMILES string of the molecule is C#CC(C)=NC(=O)N(C)C(C)(C)C. The first-order valence-corrected chi connectivity index (χ1v) is 4.08. The van der Waals surface area contributed by atoms with E-state index in [9.17, 15) is 4.79 Å². The fourth-order valence-corrected chi connectivity index (χ4v) is 0.538. The predicted molar refractivity (Wildman–Crippen MR) is 54.9 cm³/mol. The van der Waals surface area contributed by atoms with Crippen molar-refractivity contribution in [3.8, 4) is 12.3 Å². The van der Waals surface area contributed by atoms with Gasteiger partial charge in [0.2, 0.25) is 0 Å². The maximum atomic E-state index is 11.4. The van der Waals surface area contributed by atoms with Crippen LogP contribution >= 0.6 is 0 Å². The van der Waals surface area contributed by atoms with E-state index >= 15 is 0 Å². The Morgan fingerprint density at radius 2 is 1.92 bits per heavy atom. The molecule has 0 bridgehead atoms. The van der Waals surface area contributed by atoms with E-state index in [2.05, 4.69) is 10.9 Å². The van der Waals surface area contributed by atoms with Gasteiger partial charge in [-0.2, -0.15) is 4.99 Å². The van der Waals surface area contributed by atoms with Crippen LogP contribution in [0.1, 0.15) is 27.7 Å². The maximum absolute atomic E-state index is 11.4. The Balaban J connectivity index is 4.58. The van der Waals surface area contributed by atoms with Gasteiger partial charge in [0.25, 0.3) is 0 Å². The third-order valence-electron chi connectivity index (χ3n) is 1.77. The molecule has 0 atom stereocenters. The van der Waals surface area contributed by atoms with Crippen LogP contribution in [-0.4, -0.2) is 29.2 Å². The highest BCUT2D eigenvalue weighted by Gasteiger charge is 2.21. The number of urea groups is 1. The van der Waals surface area contributed by atoms with Gasteiger partial charge in [0.05, 0.1) is 5.71 Å². The molecule has 0 saturated carbocycles. The molecule has 0 rings (SSSR count). The van der Waals surface area contributed by atoms with Crippen molar-refractivity contribution < 1.29 is 4.79 Å². The first kappa shape index (κ1) is 11.7. The standard InChI is InChI=1S/C10H16N2O/c1-7-8(2)11-9(13)12(6)10(3,4)5/h1H,2-6H3. The summed E-state index contributed by atoms with van der Waals surface area (Å²) in [6, 6.07) is -0.303. The lowest BCUT2D eigenvalue weighted by Gasteiger charge is -2.30. The number of carbonyl (C=O) groups excluding carboxylic acids is 1. The molecule has 0 spiro atoms. The third kappa shape index (κ3) is 3.75. The molecule has 0 aromatic rings. The summed E-state index contributed by atoms with van der Waals surface area (Å²) in [7, 11) is 1.70. The van der Waals surface area contributed by atoms with E-state index in [0.717, 1.165) is 0 Å². The summed E-state index contributed by atoms with van der Waals surface area (Å²) in [6.07, 6.45) is 5.08. The average molecular weight is 180 g/mol. The molecule has 0 radical (unpaired) electrons. The smallest absolute Gasteiger partial charge is 0.321 e. The van der Waals surface area contributed by atoms with Crippen LogP contribution in [0.5, 0.6) is 0 Å². The number of aliphatic imine (C=N–C) groups is 1. The number of hydrogen-bond acceptors (Lipinski definition) is 1. The summed E-state index contributed by atoms with van der Waals surface area (Å²) >= 11 is 0. The molecule has 0 unspecified atom stereocenters. The molecular weight excluding hydrogens is 164 g/mol. The van der Waals surface area contributed by atoms with Gasteiger partial charge in [-0.05, 0) is 27.7 Å². The lowest BCUT2D eigenvalue weighted by Crippen LogP contribution is -2.41. The number of hydrogen-bond donors (Lipinski definition) is 0. The minimum Gasteiger partial charge on any atom is -0.321 e. The van der Waals surface area contributed by atoms with Crippen LogP contribution in [0.25, 0.3) is 0 Å². The lowest BCUT2D eigenvalue weighted by molar-refractivity contribution is 0.175. The molecule has 0 aliphatic carbocycles. The van der Waals surface area contributed by atoms with Gasteiger partial charge in [0.1, 0.15) is 0 Å². The molecule has 0 saturated heterocycles. The van der Waals surface area contributed by atoms with Crippen molar-refractivity contribution in [2.45, 2.75) is 33.2 Å². The number of carbonyl (C=O) groups is 1. The first-order valence-electron chi connectivity index (χ1n) is 4.08. The fourth-order valence-electron chi connectivity index (χ4n) is 0.538. The molecule has 0 aromatic carbocycles. The van der Waals surface area contributed by atoms with E-state index in [1.807, 2.05) is 20.8 Å². The van der Waals surface area contributed by atoms with Crippen LogP contribution in [0.15, 0.2) is 4.99 Å². The van der Waals surface area contributed by atoms with Crippen molar-refractivity contribution in [2.24, 2.45) is 4.99 Å². The van der Waals surface area contributed by atoms with E-state index in [4.69, 9.17) is 6.42 Å². The van der Waals surface area contributed by atoms with Gasteiger partial charge in [0, 0.05) is 12.6 Å². The highest BCUT2D eigenvalue weighted by Crippen LogP contribution is 2.11. The zero-order valence-corrected chi connectivity index (χ0v) is 8.88. The monoisotopic (exact) mass is 180 g/mol. The molecule has 0 N–H and O–H groups in total. The summed E-state index contributed by atoms with van der Waals surface area (Å²) in [5.41, 5.74) is 0.177. The van der Waals surface area contributed by atoms with E-state index in [-0.39, 0.29) is 11.6 Å². The second-order valence-electron chi connectivity index (χ2n) is 3.85. The summed E-state index contributed by atoms with van der Waals surface area (Å²) in [4.78, 5) is 16.7. The first-order chi connectivity index (χ1) is 5.79. The van der Waals surface area contributed by atoms with E-state index in [1.54, 1.807) is 18.9 Å². The zero-order valence-electron chi connectivity index (χ0n) is 8.88. The van der Waals surface area contributed by atoms with Crippen LogP contribution in [0.2, 0.25) is 0 Å². The number of terminal acetylenes is 1. The van der Waals surface area contributed by atoms with E-state index in [0.29, 0.717) is 5.71 Å². The van der Waals surface area contributed by atoms with Crippen molar-refractivity contribution in [1.82, 2.24) is 4.90 Å². The second kappa shape index (κ2) is 4.08. The number of nitrogens with zero attached hydrogens (tertiary/aromatic N) is 2. The minimum atomic E-state index is -0.303. The molecule has 0 aliphatic heterocycles. The quantitative estimate of drug-likeness (QED) is 0.414. The molecule has 3 heteroatoms. The molecule has 13 heavy (non-hydrogen) atoms. The van der Waals surface area contributed by atoms with Crippen LogP contribution in [0, 0.1) is 12.3 Å². The van der Waals surface area contributed by atoms with Crippen molar-refractivity contribution in [2.75, 3.05) is 7.05 Å². The van der Waals surface area contributed by atoms with Gasteiger partial charge in [0.15, 0.2) is 0 Å². The largest absolute Gasteiger partial charge is 0.344 e. The maximum Gasteiger partial charge on any atom is 0.344 e. The molecule has 0 fully saturated rings. The van der Waals surface area contributed by atoms with Crippen LogP contribution in [0.3, 0.4) is 0 Å². The third-order valence-corrected chi connectivity index (χ3v) is 1.77. The highest BCUT2D eigenvalue weighted by atomic mass is 16.2. The van der Waals surface area contributed by atoms with Gasteiger partial charge in [-0.25, -0.2) is 4.79 Å². The molecule has 0 aromatic heterocycles. The van der Waals surface area contributed by atoms with Crippen molar-refractivity contribution >= 4 is 11.7 Å². The van der Waals surface area contributed by atoms with Gasteiger partial charge < -0.3 is 4.90 Å². The summed E-state index contributed by atoms with van der Waals surface area (Å²) < 4.78 is 0. The molecule has 0 heterocycles. The normalized spacial score (nSPS) is 12.2. The summed E-state index contributed by atoms with van der Waals surface area (Å²) in [6.45, 7) is 7.44. The molecule has 72 valence electrons. The summed E-state index contributed by atoms with van der Waals surface area (Å²) in [5.74, 6) is 2.30. The Labute approximate surface area is 79.8 Å². The van der Waals surface area contributed by atoms with Gasteiger partial charge in [-0.15, -0.1) is 6.42 Å².